The summed E-state index contributed by atoms with van der Waals surface area (Å²) in [4.78, 5) is 0. The SMILES string of the molecule is CCCCCc1cc(O)c(CC[C@H](C)CCCC(C)C)c(OCCOCCOCCO)c1. The van der Waals surface area contributed by atoms with Crippen LogP contribution in [0.1, 0.15) is 83.8 Å². The van der Waals surface area contributed by atoms with Crippen LogP contribution < -0.4 is 4.74 Å². The van der Waals surface area contributed by atoms with Crippen LogP contribution in [0, 0.1) is 11.8 Å². The van der Waals surface area contributed by atoms with E-state index in [4.69, 9.17) is 19.3 Å². The van der Waals surface area contributed by atoms with Crippen LogP contribution in [0.25, 0.3) is 0 Å². The maximum atomic E-state index is 10.8. The number of aliphatic hydroxyl groups excluding tert-OH is 1. The van der Waals surface area contributed by atoms with Gasteiger partial charge in [-0.2, -0.15) is 0 Å². The second-order valence-corrected chi connectivity index (χ2v) is 9.31. The van der Waals surface area contributed by atoms with E-state index >= 15 is 0 Å². The summed E-state index contributed by atoms with van der Waals surface area (Å²) in [6.45, 7) is 11.3. The van der Waals surface area contributed by atoms with E-state index in [0.29, 0.717) is 44.7 Å². The van der Waals surface area contributed by atoms with E-state index in [2.05, 4.69) is 33.8 Å². The van der Waals surface area contributed by atoms with Crippen LogP contribution in [0.3, 0.4) is 0 Å². The Balaban J connectivity index is 2.63. The van der Waals surface area contributed by atoms with E-state index in [9.17, 15) is 5.11 Å². The predicted octanol–water partition coefficient (Wildman–Crippen LogP) is 5.92. The third-order valence-corrected chi connectivity index (χ3v) is 5.77. The largest absolute Gasteiger partial charge is 0.508 e. The molecule has 0 aliphatic heterocycles. The molecule has 5 nitrogen and oxygen atoms in total. The topological polar surface area (TPSA) is 68.2 Å². The first-order valence-corrected chi connectivity index (χ1v) is 12.7. The summed E-state index contributed by atoms with van der Waals surface area (Å²) in [6, 6.07) is 4.04. The number of aromatic hydroxyl groups is 1. The van der Waals surface area contributed by atoms with Crippen LogP contribution in [0.5, 0.6) is 11.5 Å². The molecule has 0 radical (unpaired) electrons. The Morgan fingerprint density at radius 2 is 1.53 bits per heavy atom. The summed E-state index contributed by atoms with van der Waals surface area (Å²) >= 11 is 0. The van der Waals surface area contributed by atoms with Gasteiger partial charge in [-0.25, -0.2) is 0 Å². The van der Waals surface area contributed by atoms with Gasteiger partial charge in [0, 0.05) is 5.56 Å². The first kappa shape index (κ1) is 28.7. The summed E-state index contributed by atoms with van der Waals surface area (Å²) in [5.74, 6) is 2.55. The van der Waals surface area contributed by atoms with Gasteiger partial charge in [0.2, 0.25) is 0 Å². The van der Waals surface area contributed by atoms with E-state index in [1.165, 1.54) is 32.1 Å². The molecule has 32 heavy (non-hydrogen) atoms. The monoisotopic (exact) mass is 452 g/mol. The molecule has 2 N–H and O–H groups in total. The molecule has 0 aliphatic rings. The van der Waals surface area contributed by atoms with E-state index in [0.717, 1.165) is 48.5 Å². The number of rotatable bonds is 20. The Morgan fingerprint density at radius 3 is 2.22 bits per heavy atom. The average molecular weight is 453 g/mol. The number of ether oxygens (including phenoxy) is 3. The van der Waals surface area contributed by atoms with Gasteiger partial charge in [0.05, 0.1) is 33.0 Å². The highest BCUT2D eigenvalue weighted by molar-refractivity contribution is 5.47. The van der Waals surface area contributed by atoms with E-state index in [1.807, 2.05) is 6.07 Å². The van der Waals surface area contributed by atoms with Gasteiger partial charge >= 0.3 is 0 Å². The number of hydrogen-bond acceptors (Lipinski definition) is 5. The van der Waals surface area contributed by atoms with Crippen molar-refractivity contribution in [2.24, 2.45) is 11.8 Å². The Bertz CT molecular complexity index is 588. The van der Waals surface area contributed by atoms with Crippen LogP contribution in [0.2, 0.25) is 0 Å². The van der Waals surface area contributed by atoms with E-state index in [-0.39, 0.29) is 6.61 Å². The molecule has 0 bridgehead atoms. The minimum atomic E-state index is 0.0281. The van der Waals surface area contributed by atoms with Crippen molar-refractivity contribution < 1.29 is 24.4 Å². The molecule has 1 rings (SSSR count). The second-order valence-electron chi connectivity index (χ2n) is 9.31. The van der Waals surface area contributed by atoms with E-state index in [1.54, 1.807) is 0 Å². The van der Waals surface area contributed by atoms with Gasteiger partial charge < -0.3 is 24.4 Å². The quantitative estimate of drug-likeness (QED) is 0.240. The Labute approximate surface area is 196 Å². The smallest absolute Gasteiger partial charge is 0.126 e. The van der Waals surface area contributed by atoms with Crippen molar-refractivity contribution >= 4 is 0 Å². The fraction of sp³-hybridized carbons (Fsp3) is 0.778. The highest BCUT2D eigenvalue weighted by Gasteiger charge is 2.14. The van der Waals surface area contributed by atoms with Gasteiger partial charge in [-0.1, -0.05) is 59.8 Å². The lowest BCUT2D eigenvalue weighted by atomic mass is 9.93. The maximum absolute atomic E-state index is 10.8. The van der Waals surface area contributed by atoms with Crippen molar-refractivity contribution in [1.29, 1.82) is 0 Å². The molecule has 186 valence electrons. The minimum absolute atomic E-state index is 0.0281. The molecule has 5 heteroatoms. The number of aryl methyl sites for hydroxylation is 1. The molecule has 0 saturated carbocycles. The average Bonchev–Trinajstić information content (AvgIpc) is 2.75. The third-order valence-electron chi connectivity index (χ3n) is 5.77. The highest BCUT2D eigenvalue weighted by Crippen LogP contribution is 2.33. The van der Waals surface area contributed by atoms with Crippen molar-refractivity contribution in [2.45, 2.75) is 85.5 Å². The zero-order valence-corrected chi connectivity index (χ0v) is 21.0. The lowest BCUT2D eigenvalue weighted by Gasteiger charge is -2.17. The molecule has 0 amide bonds. The zero-order chi connectivity index (χ0) is 23.6. The number of benzene rings is 1. The second kappa shape index (κ2) is 18.2. The normalized spacial score (nSPS) is 12.4. The van der Waals surface area contributed by atoms with Crippen molar-refractivity contribution in [3.63, 3.8) is 0 Å². The standard InChI is InChI=1S/C27H48O5/c1-5-6-7-11-24-20-26(29)25(13-12-23(4)10-8-9-22(2)3)27(21-24)32-19-18-31-17-16-30-15-14-28/h20-23,28-29H,5-19H2,1-4H3/t23-/m1/s1. The molecule has 0 aromatic heterocycles. The molecule has 1 atom stereocenters. The molecular weight excluding hydrogens is 404 g/mol. The first-order valence-electron chi connectivity index (χ1n) is 12.7. The van der Waals surface area contributed by atoms with Gasteiger partial charge in [0.1, 0.15) is 18.1 Å². The lowest BCUT2D eigenvalue weighted by Crippen LogP contribution is -2.12. The van der Waals surface area contributed by atoms with Crippen molar-refractivity contribution in [3.05, 3.63) is 23.3 Å². The molecule has 0 unspecified atom stereocenters. The summed E-state index contributed by atoms with van der Waals surface area (Å²) in [5.41, 5.74) is 2.06. The maximum Gasteiger partial charge on any atom is 0.126 e. The number of phenolic OH excluding ortho intramolecular Hbond substituents is 1. The van der Waals surface area contributed by atoms with Crippen LogP contribution in [-0.4, -0.2) is 49.9 Å². The lowest BCUT2D eigenvalue weighted by molar-refractivity contribution is 0.0246. The summed E-state index contributed by atoms with van der Waals surface area (Å²) < 4.78 is 16.8. The molecule has 0 saturated heterocycles. The number of phenols is 1. The zero-order valence-electron chi connectivity index (χ0n) is 21.0. The minimum Gasteiger partial charge on any atom is -0.508 e. The van der Waals surface area contributed by atoms with Gasteiger partial charge in [0.25, 0.3) is 0 Å². The molecule has 1 aromatic carbocycles. The van der Waals surface area contributed by atoms with Crippen molar-refractivity contribution in [2.75, 3.05) is 39.6 Å². The number of hydrogen-bond donors (Lipinski definition) is 2. The summed E-state index contributed by atoms with van der Waals surface area (Å²) in [6.07, 6.45) is 10.1. The molecule has 0 fully saturated rings. The first-order chi connectivity index (χ1) is 15.5. The van der Waals surface area contributed by atoms with Gasteiger partial charge in [0.15, 0.2) is 0 Å². The Morgan fingerprint density at radius 1 is 0.812 bits per heavy atom. The van der Waals surface area contributed by atoms with Crippen molar-refractivity contribution in [1.82, 2.24) is 0 Å². The molecular formula is C27H48O5. The number of aliphatic hydroxyl groups is 1. The van der Waals surface area contributed by atoms with Crippen LogP contribution in [0.4, 0.5) is 0 Å². The number of unbranched alkanes of at least 4 members (excludes halogenated alkanes) is 2. The fourth-order valence-electron chi connectivity index (χ4n) is 3.80. The Hall–Kier alpha value is -1.30. The van der Waals surface area contributed by atoms with Crippen LogP contribution in [-0.2, 0) is 22.3 Å². The molecule has 1 aromatic rings. The molecule has 0 heterocycles. The van der Waals surface area contributed by atoms with Gasteiger partial charge in [-0.15, -0.1) is 0 Å². The van der Waals surface area contributed by atoms with Crippen molar-refractivity contribution in [3.8, 4) is 11.5 Å². The molecule has 0 spiro atoms. The van der Waals surface area contributed by atoms with Gasteiger partial charge in [-0.3, -0.25) is 0 Å². The van der Waals surface area contributed by atoms with Crippen LogP contribution >= 0.6 is 0 Å². The summed E-state index contributed by atoms with van der Waals surface area (Å²) in [7, 11) is 0. The van der Waals surface area contributed by atoms with Crippen LogP contribution in [0.15, 0.2) is 12.1 Å². The molecule has 0 aliphatic carbocycles. The highest BCUT2D eigenvalue weighted by atomic mass is 16.5. The predicted molar refractivity (Wildman–Crippen MR) is 132 cm³/mol. The van der Waals surface area contributed by atoms with Gasteiger partial charge in [-0.05, 0) is 55.2 Å². The fourth-order valence-corrected chi connectivity index (χ4v) is 3.80. The third kappa shape index (κ3) is 13.3. The summed E-state index contributed by atoms with van der Waals surface area (Å²) in [5, 5.41) is 19.5. The van der Waals surface area contributed by atoms with E-state index < -0.39 is 0 Å². The Kier molecular flexibility index (Phi) is 16.3.